The van der Waals surface area contributed by atoms with Crippen LogP contribution in [-0.2, 0) is 6.42 Å². The van der Waals surface area contributed by atoms with Gasteiger partial charge in [0.25, 0.3) is 0 Å². The van der Waals surface area contributed by atoms with E-state index in [0.717, 1.165) is 32.6 Å². The van der Waals surface area contributed by atoms with Gasteiger partial charge in [0.15, 0.2) is 0 Å². The van der Waals surface area contributed by atoms with Crippen molar-refractivity contribution in [3.8, 4) is 5.75 Å². The number of nitrogen functional groups attached to an aromatic ring is 1. The van der Waals surface area contributed by atoms with Crippen LogP contribution >= 0.6 is 0 Å². The van der Waals surface area contributed by atoms with E-state index in [-0.39, 0.29) is 5.75 Å². The van der Waals surface area contributed by atoms with Crippen molar-refractivity contribution < 1.29 is 5.11 Å². The molecule has 0 amide bonds. The van der Waals surface area contributed by atoms with E-state index in [2.05, 4.69) is 17.1 Å². The van der Waals surface area contributed by atoms with E-state index >= 15 is 0 Å². The molecule has 0 bridgehead atoms. The van der Waals surface area contributed by atoms with E-state index in [1.165, 1.54) is 5.56 Å². The molecule has 0 radical (unpaired) electrons. The van der Waals surface area contributed by atoms with Gasteiger partial charge in [-0.2, -0.15) is 0 Å². The molecule has 1 saturated heterocycles. The Morgan fingerprint density at radius 3 is 2.76 bits per heavy atom. The van der Waals surface area contributed by atoms with Gasteiger partial charge >= 0.3 is 0 Å². The van der Waals surface area contributed by atoms with Gasteiger partial charge < -0.3 is 16.2 Å². The van der Waals surface area contributed by atoms with Crippen molar-refractivity contribution in [1.29, 1.82) is 0 Å². The fourth-order valence-electron chi connectivity index (χ4n) is 2.32. The molecule has 2 rings (SSSR count). The molecule has 1 aromatic carbocycles. The third-order valence-corrected chi connectivity index (χ3v) is 3.40. The van der Waals surface area contributed by atoms with Crippen molar-refractivity contribution in [2.24, 2.45) is 0 Å². The molecule has 0 aliphatic carbocycles. The number of benzene rings is 1. The lowest BCUT2D eigenvalue weighted by Crippen LogP contribution is -2.48. The van der Waals surface area contributed by atoms with Gasteiger partial charge in [-0.05, 0) is 31.0 Å². The number of hydrogen-bond acceptors (Lipinski definition) is 4. The van der Waals surface area contributed by atoms with E-state index in [9.17, 15) is 5.11 Å². The molecule has 1 heterocycles. The van der Waals surface area contributed by atoms with Gasteiger partial charge in [0.2, 0.25) is 0 Å². The molecule has 17 heavy (non-hydrogen) atoms. The fourth-order valence-corrected chi connectivity index (χ4v) is 2.32. The van der Waals surface area contributed by atoms with Crippen LogP contribution in [0.1, 0.15) is 12.5 Å². The van der Waals surface area contributed by atoms with Gasteiger partial charge in [-0.15, -0.1) is 0 Å². The highest BCUT2D eigenvalue weighted by atomic mass is 16.3. The van der Waals surface area contributed by atoms with Crippen molar-refractivity contribution in [3.63, 3.8) is 0 Å². The average Bonchev–Trinajstić information content (AvgIpc) is 2.35. The molecule has 4 heteroatoms. The number of phenols is 1. The summed E-state index contributed by atoms with van der Waals surface area (Å²) >= 11 is 0. The first-order valence-electron chi connectivity index (χ1n) is 6.19. The Morgan fingerprint density at radius 2 is 2.12 bits per heavy atom. The minimum absolute atomic E-state index is 0.170. The molecular weight excluding hydrogens is 214 g/mol. The van der Waals surface area contributed by atoms with E-state index in [1.807, 2.05) is 12.1 Å². The van der Waals surface area contributed by atoms with Crippen molar-refractivity contribution in [1.82, 2.24) is 10.2 Å². The Kier molecular flexibility index (Phi) is 3.86. The molecule has 0 aromatic heterocycles. The second kappa shape index (κ2) is 5.38. The van der Waals surface area contributed by atoms with Gasteiger partial charge in [-0.3, -0.25) is 4.90 Å². The lowest BCUT2D eigenvalue weighted by atomic mass is 10.0. The number of nitrogens with one attached hydrogen (secondary N) is 1. The second-order valence-corrected chi connectivity index (χ2v) is 4.73. The zero-order chi connectivity index (χ0) is 12.3. The number of rotatable bonds is 3. The third-order valence-electron chi connectivity index (χ3n) is 3.40. The van der Waals surface area contributed by atoms with Crippen LogP contribution in [0, 0.1) is 0 Å². The van der Waals surface area contributed by atoms with Crippen LogP contribution in [0.15, 0.2) is 18.2 Å². The smallest absolute Gasteiger partial charge is 0.138 e. The topological polar surface area (TPSA) is 61.5 Å². The number of nitrogens with zero attached hydrogens (tertiary/aromatic N) is 1. The fraction of sp³-hybridized carbons (Fsp3) is 0.538. The molecule has 4 N–H and O–H groups in total. The van der Waals surface area contributed by atoms with E-state index < -0.39 is 0 Å². The monoisotopic (exact) mass is 235 g/mol. The van der Waals surface area contributed by atoms with Crippen LogP contribution in [0.25, 0.3) is 0 Å². The molecule has 1 unspecified atom stereocenters. The van der Waals surface area contributed by atoms with Crippen LogP contribution in [0.2, 0.25) is 0 Å². The largest absolute Gasteiger partial charge is 0.506 e. The lowest BCUT2D eigenvalue weighted by molar-refractivity contribution is 0.183. The summed E-state index contributed by atoms with van der Waals surface area (Å²) in [7, 11) is 0. The van der Waals surface area contributed by atoms with E-state index in [4.69, 9.17) is 5.73 Å². The second-order valence-electron chi connectivity index (χ2n) is 4.73. The molecule has 1 fully saturated rings. The zero-order valence-electron chi connectivity index (χ0n) is 10.3. The summed E-state index contributed by atoms with van der Waals surface area (Å²) in [5.41, 5.74) is 7.36. The van der Waals surface area contributed by atoms with Crippen LogP contribution < -0.4 is 11.1 Å². The Hall–Kier alpha value is -1.26. The lowest BCUT2D eigenvalue weighted by Gasteiger charge is -2.32. The Labute approximate surface area is 102 Å². The predicted octanol–water partition coefficient (Wildman–Crippen LogP) is 0.811. The summed E-state index contributed by atoms with van der Waals surface area (Å²) in [5.74, 6) is 0.170. The zero-order valence-corrected chi connectivity index (χ0v) is 10.3. The van der Waals surface area contributed by atoms with Crippen LogP contribution in [0.5, 0.6) is 5.75 Å². The standard InChI is InChI=1S/C13H21N3O/c1-10(16-6-4-15-5-7-16)8-11-2-3-13(17)12(14)9-11/h2-3,9-10,15,17H,4-8,14H2,1H3. The molecule has 1 atom stereocenters. The highest BCUT2D eigenvalue weighted by Crippen LogP contribution is 2.21. The maximum atomic E-state index is 9.38. The molecule has 1 aliphatic rings. The first kappa shape index (κ1) is 12.2. The Bertz CT molecular complexity index is 375. The summed E-state index contributed by atoms with van der Waals surface area (Å²) in [5, 5.41) is 12.7. The van der Waals surface area contributed by atoms with Gasteiger partial charge in [0.1, 0.15) is 5.75 Å². The van der Waals surface area contributed by atoms with Crippen LogP contribution in [0.4, 0.5) is 5.69 Å². The SMILES string of the molecule is CC(Cc1ccc(O)c(N)c1)N1CCNCC1. The van der Waals surface area contributed by atoms with Crippen molar-refractivity contribution in [3.05, 3.63) is 23.8 Å². The number of anilines is 1. The van der Waals surface area contributed by atoms with Crippen LogP contribution in [0.3, 0.4) is 0 Å². The molecule has 94 valence electrons. The normalized spacial score (nSPS) is 19.1. The average molecular weight is 235 g/mol. The number of phenolic OH excluding ortho intramolecular Hbond substituents is 1. The Morgan fingerprint density at radius 1 is 1.41 bits per heavy atom. The van der Waals surface area contributed by atoms with Crippen molar-refractivity contribution in [2.75, 3.05) is 31.9 Å². The van der Waals surface area contributed by atoms with Crippen molar-refractivity contribution >= 4 is 5.69 Å². The molecule has 0 spiro atoms. The summed E-state index contributed by atoms with van der Waals surface area (Å²) in [6.45, 7) is 6.60. The molecule has 0 saturated carbocycles. The number of piperazine rings is 1. The number of aromatic hydroxyl groups is 1. The molecule has 1 aliphatic heterocycles. The highest BCUT2D eigenvalue weighted by Gasteiger charge is 2.16. The minimum Gasteiger partial charge on any atom is -0.506 e. The van der Waals surface area contributed by atoms with Gasteiger partial charge in [0.05, 0.1) is 5.69 Å². The molecular formula is C13H21N3O. The van der Waals surface area contributed by atoms with E-state index in [0.29, 0.717) is 11.7 Å². The Balaban J connectivity index is 1.96. The summed E-state index contributed by atoms with van der Waals surface area (Å²) < 4.78 is 0. The summed E-state index contributed by atoms with van der Waals surface area (Å²) in [6.07, 6.45) is 0.977. The molecule has 1 aromatic rings. The number of nitrogens with two attached hydrogens (primary N) is 1. The predicted molar refractivity (Wildman–Crippen MR) is 70.1 cm³/mol. The quantitative estimate of drug-likeness (QED) is 0.536. The maximum Gasteiger partial charge on any atom is 0.138 e. The summed E-state index contributed by atoms with van der Waals surface area (Å²) in [6, 6.07) is 6.01. The minimum atomic E-state index is 0.170. The highest BCUT2D eigenvalue weighted by molar-refractivity contribution is 5.53. The van der Waals surface area contributed by atoms with Crippen LogP contribution in [-0.4, -0.2) is 42.2 Å². The number of hydrogen-bond donors (Lipinski definition) is 3. The first-order valence-corrected chi connectivity index (χ1v) is 6.19. The van der Waals surface area contributed by atoms with Crippen molar-refractivity contribution in [2.45, 2.75) is 19.4 Å². The summed E-state index contributed by atoms with van der Waals surface area (Å²) in [4.78, 5) is 2.49. The van der Waals surface area contributed by atoms with Gasteiger partial charge in [-0.25, -0.2) is 0 Å². The van der Waals surface area contributed by atoms with Gasteiger partial charge in [0, 0.05) is 32.2 Å². The maximum absolute atomic E-state index is 9.38. The first-order chi connectivity index (χ1) is 8.16. The third kappa shape index (κ3) is 3.11. The molecule has 4 nitrogen and oxygen atoms in total. The van der Waals surface area contributed by atoms with Gasteiger partial charge in [-0.1, -0.05) is 6.07 Å². The van der Waals surface area contributed by atoms with E-state index in [1.54, 1.807) is 6.07 Å².